The van der Waals surface area contributed by atoms with E-state index in [9.17, 15) is 0 Å². The number of hydrogen-bond donors (Lipinski definition) is 0. The van der Waals surface area contributed by atoms with E-state index in [4.69, 9.17) is 4.42 Å². The lowest BCUT2D eigenvalue weighted by Crippen LogP contribution is -2.60. The molecule has 0 radical (unpaired) electrons. The maximum absolute atomic E-state index is 6.44. The molecule has 0 spiro atoms. The first-order chi connectivity index (χ1) is 20.3. The van der Waals surface area contributed by atoms with E-state index in [0.717, 1.165) is 21.9 Å². The standard InChI is InChI=1S/C37H23BN2O/c1-22-19-28-26-21-34-27(24-13-6-10-18-33(24)41-34)20-32(26)40(23-11-3-2-4-12-23)38-29-15-7-9-17-31(29)39-30-16-8-5-14-25(30)35(22)37(39)36(28)38/h2-21H,1H3. The maximum Gasteiger partial charge on any atom is 0.333 e. The van der Waals surface area contributed by atoms with Gasteiger partial charge < -0.3 is 13.8 Å². The fraction of sp³-hybridized carbons (Fsp3) is 0.0270. The Morgan fingerprint density at radius 3 is 2.27 bits per heavy atom. The van der Waals surface area contributed by atoms with E-state index < -0.39 is 0 Å². The van der Waals surface area contributed by atoms with Crippen LogP contribution in [0.15, 0.2) is 126 Å². The fourth-order valence-corrected chi connectivity index (χ4v) is 7.67. The number of fused-ring (bicyclic) bond motifs is 11. The van der Waals surface area contributed by atoms with E-state index in [0.29, 0.717) is 0 Å². The van der Waals surface area contributed by atoms with Gasteiger partial charge in [0.1, 0.15) is 11.2 Å². The Hall–Kier alpha value is -5.22. The van der Waals surface area contributed by atoms with Crippen LogP contribution in [-0.2, 0) is 0 Å². The van der Waals surface area contributed by atoms with Crippen molar-refractivity contribution >= 4 is 72.9 Å². The van der Waals surface area contributed by atoms with Crippen LogP contribution in [0.4, 0.5) is 11.4 Å². The van der Waals surface area contributed by atoms with Crippen LogP contribution in [0.1, 0.15) is 5.56 Å². The third kappa shape index (κ3) is 2.61. The third-order valence-electron chi connectivity index (χ3n) is 9.26. The molecular weight excluding hydrogens is 499 g/mol. The Morgan fingerprint density at radius 1 is 0.610 bits per heavy atom. The van der Waals surface area contributed by atoms with Gasteiger partial charge in [-0.15, -0.1) is 0 Å². The highest BCUT2D eigenvalue weighted by molar-refractivity contribution is 6.93. The minimum absolute atomic E-state index is 0.0339. The Kier molecular flexibility index (Phi) is 3.95. The van der Waals surface area contributed by atoms with Crippen molar-refractivity contribution in [2.24, 2.45) is 0 Å². The molecule has 0 N–H and O–H groups in total. The van der Waals surface area contributed by atoms with Gasteiger partial charge >= 0.3 is 6.85 Å². The van der Waals surface area contributed by atoms with Crippen molar-refractivity contribution in [2.75, 3.05) is 4.81 Å². The molecule has 0 bridgehead atoms. The summed E-state index contributed by atoms with van der Waals surface area (Å²) in [5, 5.41) is 4.96. The van der Waals surface area contributed by atoms with Crippen molar-refractivity contribution in [1.29, 1.82) is 0 Å². The molecule has 0 saturated heterocycles. The third-order valence-corrected chi connectivity index (χ3v) is 9.26. The predicted molar refractivity (Wildman–Crippen MR) is 172 cm³/mol. The number of para-hydroxylation sites is 4. The fourth-order valence-electron chi connectivity index (χ4n) is 7.67. The molecule has 3 nitrogen and oxygen atoms in total. The molecule has 0 amide bonds. The molecule has 6 aromatic carbocycles. The van der Waals surface area contributed by atoms with Gasteiger partial charge in [-0.25, -0.2) is 0 Å². The molecule has 41 heavy (non-hydrogen) atoms. The summed E-state index contributed by atoms with van der Waals surface area (Å²) in [7, 11) is 0. The highest BCUT2D eigenvalue weighted by atomic mass is 16.3. The molecule has 0 saturated carbocycles. The Morgan fingerprint density at radius 2 is 1.37 bits per heavy atom. The van der Waals surface area contributed by atoms with E-state index in [1.54, 1.807) is 0 Å². The molecule has 0 atom stereocenters. The number of benzene rings is 6. The zero-order valence-electron chi connectivity index (χ0n) is 22.4. The highest BCUT2D eigenvalue weighted by Gasteiger charge is 2.44. The van der Waals surface area contributed by atoms with Crippen LogP contribution in [-0.4, -0.2) is 11.4 Å². The summed E-state index contributed by atoms with van der Waals surface area (Å²) in [4.78, 5) is 2.56. The quantitative estimate of drug-likeness (QED) is 0.203. The minimum Gasteiger partial charge on any atom is -0.456 e. The molecule has 0 aliphatic carbocycles. The summed E-state index contributed by atoms with van der Waals surface area (Å²) in [5.41, 5.74) is 14.6. The topological polar surface area (TPSA) is 21.3 Å². The number of furan rings is 1. The summed E-state index contributed by atoms with van der Waals surface area (Å²) >= 11 is 0. The van der Waals surface area contributed by atoms with Gasteiger partial charge in [-0.1, -0.05) is 78.9 Å². The van der Waals surface area contributed by atoms with Crippen LogP contribution in [0, 0.1) is 6.92 Å². The number of rotatable bonds is 1. The summed E-state index contributed by atoms with van der Waals surface area (Å²) < 4.78 is 8.95. The van der Waals surface area contributed by atoms with Gasteiger partial charge in [0, 0.05) is 44.2 Å². The number of nitrogens with zero attached hydrogens (tertiary/aromatic N) is 2. The lowest BCUT2D eigenvalue weighted by Gasteiger charge is -2.42. The monoisotopic (exact) mass is 522 g/mol. The normalized spacial score (nSPS) is 13.4. The molecule has 8 aromatic rings. The number of aryl methyl sites for hydroxylation is 1. The first-order valence-corrected chi connectivity index (χ1v) is 14.2. The SMILES string of the molecule is Cc1cc2c3c4c1c1ccccc1n4-c1ccccc1B3N(c1ccccc1)c1cc3c(cc1-2)oc1ccccc13. The predicted octanol–water partition coefficient (Wildman–Crippen LogP) is 8.23. The second kappa shape index (κ2) is 7.49. The van der Waals surface area contributed by atoms with Crippen LogP contribution in [0.2, 0.25) is 0 Å². The second-order valence-corrected chi connectivity index (χ2v) is 11.4. The molecule has 0 fully saturated rings. The summed E-state index contributed by atoms with van der Waals surface area (Å²) in [6.45, 7) is 2.30. The lowest BCUT2D eigenvalue weighted by atomic mass is 9.44. The van der Waals surface area contributed by atoms with Gasteiger partial charge in [0.15, 0.2) is 0 Å². The molecule has 2 aromatic heterocycles. The van der Waals surface area contributed by atoms with Crippen LogP contribution in [0.5, 0.6) is 0 Å². The molecule has 190 valence electrons. The van der Waals surface area contributed by atoms with Gasteiger partial charge in [0.2, 0.25) is 0 Å². The summed E-state index contributed by atoms with van der Waals surface area (Å²) in [6.07, 6.45) is 0. The molecule has 10 rings (SSSR count). The van der Waals surface area contributed by atoms with E-state index in [1.165, 1.54) is 66.5 Å². The molecule has 2 aliphatic heterocycles. The van der Waals surface area contributed by atoms with Crippen LogP contribution in [0.3, 0.4) is 0 Å². The van der Waals surface area contributed by atoms with Gasteiger partial charge in [0.25, 0.3) is 0 Å². The molecular formula is C37H23BN2O. The summed E-state index contributed by atoms with van der Waals surface area (Å²) in [5.74, 6) is 0. The highest BCUT2D eigenvalue weighted by Crippen LogP contribution is 2.48. The molecule has 0 unspecified atom stereocenters. The van der Waals surface area contributed by atoms with Gasteiger partial charge in [-0.05, 0) is 71.4 Å². The van der Waals surface area contributed by atoms with E-state index in [-0.39, 0.29) is 6.85 Å². The molecule has 2 aliphatic rings. The lowest BCUT2D eigenvalue weighted by molar-refractivity contribution is 0.669. The van der Waals surface area contributed by atoms with Crippen LogP contribution >= 0.6 is 0 Å². The Balaban J connectivity index is 1.45. The largest absolute Gasteiger partial charge is 0.456 e. The number of aromatic nitrogens is 1. The van der Waals surface area contributed by atoms with Crippen molar-refractivity contribution in [1.82, 2.24) is 4.57 Å². The second-order valence-electron chi connectivity index (χ2n) is 11.4. The Bertz CT molecular complexity index is 2400. The van der Waals surface area contributed by atoms with Crippen molar-refractivity contribution in [3.63, 3.8) is 0 Å². The van der Waals surface area contributed by atoms with Gasteiger partial charge in [0.05, 0.1) is 11.0 Å². The molecule has 4 heterocycles. The van der Waals surface area contributed by atoms with Crippen LogP contribution < -0.4 is 15.7 Å². The van der Waals surface area contributed by atoms with E-state index >= 15 is 0 Å². The van der Waals surface area contributed by atoms with Crippen molar-refractivity contribution in [2.45, 2.75) is 6.92 Å². The summed E-state index contributed by atoms with van der Waals surface area (Å²) in [6, 6.07) is 44.1. The Labute approximate surface area is 237 Å². The average Bonchev–Trinajstić information content (AvgIpc) is 3.56. The van der Waals surface area contributed by atoms with Gasteiger partial charge in [-0.3, -0.25) is 0 Å². The molecule has 4 heteroatoms. The van der Waals surface area contributed by atoms with Crippen molar-refractivity contribution in [3.05, 3.63) is 127 Å². The van der Waals surface area contributed by atoms with Crippen LogP contribution in [0.25, 0.3) is 60.6 Å². The zero-order valence-corrected chi connectivity index (χ0v) is 22.4. The van der Waals surface area contributed by atoms with E-state index in [1.807, 2.05) is 6.07 Å². The first kappa shape index (κ1) is 21.6. The van der Waals surface area contributed by atoms with Crippen molar-refractivity contribution < 1.29 is 4.42 Å². The smallest absolute Gasteiger partial charge is 0.333 e. The maximum atomic E-state index is 6.44. The zero-order chi connectivity index (χ0) is 26.8. The number of hydrogen-bond acceptors (Lipinski definition) is 2. The van der Waals surface area contributed by atoms with Gasteiger partial charge in [-0.2, -0.15) is 0 Å². The number of anilines is 2. The van der Waals surface area contributed by atoms with Crippen molar-refractivity contribution in [3.8, 4) is 16.8 Å². The minimum atomic E-state index is 0.0339. The first-order valence-electron chi connectivity index (χ1n) is 14.2. The van der Waals surface area contributed by atoms with E-state index in [2.05, 4.69) is 132 Å². The average molecular weight is 522 g/mol.